The lowest BCUT2D eigenvalue weighted by molar-refractivity contribution is 0.0770. The van der Waals surface area contributed by atoms with E-state index in [1.54, 1.807) is 6.07 Å². The van der Waals surface area contributed by atoms with Crippen LogP contribution in [0, 0.1) is 6.92 Å². The summed E-state index contributed by atoms with van der Waals surface area (Å²) >= 11 is 1.54. The first-order valence-electron chi connectivity index (χ1n) is 4.04. The van der Waals surface area contributed by atoms with Crippen LogP contribution in [0.25, 0.3) is 11.0 Å². The van der Waals surface area contributed by atoms with Gasteiger partial charge in [0.2, 0.25) is 5.76 Å². The van der Waals surface area contributed by atoms with E-state index in [9.17, 15) is 4.79 Å². The zero-order valence-corrected chi connectivity index (χ0v) is 9.57. The molecule has 0 saturated carbocycles. The molecule has 0 bridgehead atoms. The maximum Gasteiger partial charge on any atom is 0.383 e. The van der Waals surface area contributed by atoms with E-state index in [1.807, 2.05) is 25.1 Å². The molecule has 0 spiro atoms. The van der Waals surface area contributed by atoms with Crippen molar-refractivity contribution in [2.45, 2.75) is 6.92 Å². The molecule has 1 heterocycles. The molecule has 2 rings (SSSR count). The Balaban J connectivity index is 2.56. The molecule has 0 radical (unpaired) electrons. The third-order valence-corrected chi connectivity index (χ3v) is 2.34. The van der Waals surface area contributed by atoms with Crippen molar-refractivity contribution in [2.75, 3.05) is 0 Å². The molecule has 0 N–H and O–H groups in total. The molecule has 0 aliphatic rings. The van der Waals surface area contributed by atoms with Gasteiger partial charge in [-0.15, -0.1) is 0 Å². The van der Waals surface area contributed by atoms with Gasteiger partial charge < -0.3 is 7.48 Å². The van der Waals surface area contributed by atoms with E-state index in [-0.39, 0.29) is 5.76 Å². The molecule has 1 aromatic carbocycles. The maximum atomic E-state index is 11.1. The Bertz CT molecular complexity index is 487. The highest BCUT2D eigenvalue weighted by molar-refractivity contribution is 14.1. The van der Waals surface area contributed by atoms with Crippen molar-refractivity contribution in [3.63, 3.8) is 0 Å². The van der Waals surface area contributed by atoms with Crippen LogP contribution in [0.4, 0.5) is 0 Å². The summed E-state index contributed by atoms with van der Waals surface area (Å²) in [5.41, 5.74) is 1.83. The van der Waals surface area contributed by atoms with Gasteiger partial charge in [0.05, 0.1) is 0 Å². The highest BCUT2D eigenvalue weighted by Crippen LogP contribution is 2.21. The number of halogens is 1. The highest BCUT2D eigenvalue weighted by atomic mass is 127. The molecule has 0 fully saturated rings. The van der Waals surface area contributed by atoms with Crippen molar-refractivity contribution in [3.05, 3.63) is 35.6 Å². The molecule has 0 aliphatic carbocycles. The highest BCUT2D eigenvalue weighted by Gasteiger charge is 2.12. The van der Waals surface area contributed by atoms with Crippen molar-refractivity contribution in [2.24, 2.45) is 0 Å². The first-order valence-corrected chi connectivity index (χ1v) is 4.92. The van der Waals surface area contributed by atoms with Gasteiger partial charge >= 0.3 is 5.97 Å². The molecule has 14 heavy (non-hydrogen) atoms. The average molecular weight is 302 g/mol. The monoisotopic (exact) mass is 302 g/mol. The van der Waals surface area contributed by atoms with Crippen LogP contribution < -0.4 is 0 Å². The summed E-state index contributed by atoms with van der Waals surface area (Å²) < 4.78 is 9.83. The van der Waals surface area contributed by atoms with E-state index in [4.69, 9.17) is 4.42 Å². The fourth-order valence-electron chi connectivity index (χ4n) is 1.30. The number of hydrogen-bond donors (Lipinski definition) is 0. The minimum absolute atomic E-state index is 0.236. The van der Waals surface area contributed by atoms with Crippen molar-refractivity contribution in [3.8, 4) is 0 Å². The van der Waals surface area contributed by atoms with Gasteiger partial charge in [-0.3, -0.25) is 0 Å². The maximum absolute atomic E-state index is 11.1. The van der Waals surface area contributed by atoms with Gasteiger partial charge in [0.1, 0.15) is 5.58 Å². The van der Waals surface area contributed by atoms with E-state index >= 15 is 0 Å². The van der Waals surface area contributed by atoms with Crippen LogP contribution in [0.2, 0.25) is 0 Å². The molecule has 0 atom stereocenters. The van der Waals surface area contributed by atoms with Gasteiger partial charge in [-0.1, -0.05) is 11.6 Å². The van der Waals surface area contributed by atoms with Gasteiger partial charge in [0.15, 0.2) is 23.0 Å². The molecule has 0 aliphatic heterocycles. The molecular formula is C10H7IO3. The third-order valence-electron chi connectivity index (χ3n) is 1.94. The lowest BCUT2D eigenvalue weighted by Gasteiger charge is -1.89. The van der Waals surface area contributed by atoms with Crippen LogP contribution in [0.1, 0.15) is 16.1 Å². The summed E-state index contributed by atoms with van der Waals surface area (Å²) in [5, 5.41) is 0.918. The van der Waals surface area contributed by atoms with Gasteiger partial charge in [-0.05, 0) is 25.1 Å². The van der Waals surface area contributed by atoms with Gasteiger partial charge in [0.25, 0.3) is 0 Å². The number of hydrogen-bond acceptors (Lipinski definition) is 3. The Kier molecular flexibility index (Phi) is 2.45. The summed E-state index contributed by atoms with van der Waals surface area (Å²) in [7, 11) is 0. The zero-order chi connectivity index (χ0) is 10.1. The predicted octanol–water partition coefficient (Wildman–Crippen LogP) is 3.25. The Morgan fingerprint density at radius 1 is 1.43 bits per heavy atom. The number of fused-ring (bicyclic) bond motifs is 1. The molecule has 0 amide bonds. The molecular weight excluding hydrogens is 295 g/mol. The van der Waals surface area contributed by atoms with Crippen molar-refractivity contribution < 1.29 is 12.3 Å². The minimum Gasteiger partial charge on any atom is -0.449 e. The molecule has 3 nitrogen and oxygen atoms in total. The van der Waals surface area contributed by atoms with E-state index in [1.165, 1.54) is 23.0 Å². The second-order valence-electron chi connectivity index (χ2n) is 3.02. The molecule has 0 unspecified atom stereocenters. The number of benzene rings is 1. The first-order chi connectivity index (χ1) is 6.70. The van der Waals surface area contributed by atoms with Crippen LogP contribution in [0.3, 0.4) is 0 Å². The van der Waals surface area contributed by atoms with Crippen LogP contribution >= 0.6 is 23.0 Å². The second-order valence-corrected chi connectivity index (χ2v) is 3.46. The Morgan fingerprint density at radius 2 is 2.21 bits per heavy atom. The van der Waals surface area contributed by atoms with Crippen LogP contribution in [-0.4, -0.2) is 5.97 Å². The van der Waals surface area contributed by atoms with Crippen LogP contribution in [0.5, 0.6) is 0 Å². The number of rotatable bonds is 1. The smallest absolute Gasteiger partial charge is 0.383 e. The number of furan rings is 1. The Morgan fingerprint density at radius 3 is 2.93 bits per heavy atom. The molecule has 1 aromatic heterocycles. The quantitative estimate of drug-likeness (QED) is 0.759. The average Bonchev–Trinajstić information content (AvgIpc) is 2.59. The SMILES string of the molecule is Cc1ccc2oc(C(=O)OI)cc2c1. The standard InChI is InChI=1S/C10H7IO3/c1-6-2-3-8-7(4-6)5-9(13-8)10(12)14-11/h2-5H,1H3. The topological polar surface area (TPSA) is 39.4 Å². The lowest BCUT2D eigenvalue weighted by atomic mass is 10.2. The minimum atomic E-state index is -0.459. The van der Waals surface area contributed by atoms with Crippen LogP contribution in [-0.2, 0) is 3.07 Å². The molecule has 2 aromatic rings. The Hall–Kier alpha value is -1.04. The van der Waals surface area contributed by atoms with Gasteiger partial charge in [-0.2, -0.15) is 0 Å². The molecule has 0 saturated heterocycles. The normalized spacial score (nSPS) is 10.4. The number of aryl methyl sites for hydroxylation is 1. The molecule has 4 heteroatoms. The number of carbonyl (C=O) groups excluding carboxylic acids is 1. The van der Waals surface area contributed by atoms with Crippen molar-refractivity contribution in [1.82, 2.24) is 0 Å². The van der Waals surface area contributed by atoms with Gasteiger partial charge in [0, 0.05) is 5.39 Å². The fraction of sp³-hybridized carbons (Fsp3) is 0.100. The molecule has 72 valence electrons. The summed E-state index contributed by atoms with van der Waals surface area (Å²) in [6.07, 6.45) is 0. The summed E-state index contributed by atoms with van der Waals surface area (Å²) in [5.74, 6) is -0.223. The summed E-state index contributed by atoms with van der Waals surface area (Å²) in [4.78, 5) is 11.1. The van der Waals surface area contributed by atoms with E-state index in [2.05, 4.69) is 3.07 Å². The summed E-state index contributed by atoms with van der Waals surface area (Å²) in [6.45, 7) is 1.99. The van der Waals surface area contributed by atoms with E-state index < -0.39 is 5.97 Å². The summed E-state index contributed by atoms with van der Waals surface area (Å²) in [6, 6.07) is 7.42. The largest absolute Gasteiger partial charge is 0.449 e. The second kappa shape index (κ2) is 3.61. The van der Waals surface area contributed by atoms with E-state index in [0.717, 1.165) is 10.9 Å². The van der Waals surface area contributed by atoms with Crippen molar-refractivity contribution in [1.29, 1.82) is 0 Å². The van der Waals surface area contributed by atoms with Crippen molar-refractivity contribution >= 4 is 39.9 Å². The lowest BCUT2D eigenvalue weighted by Crippen LogP contribution is -1.93. The van der Waals surface area contributed by atoms with Gasteiger partial charge in [-0.25, -0.2) is 4.79 Å². The van der Waals surface area contributed by atoms with Crippen LogP contribution in [0.15, 0.2) is 28.7 Å². The number of carbonyl (C=O) groups is 1. The third kappa shape index (κ3) is 1.61. The first kappa shape index (κ1) is 9.51. The predicted molar refractivity (Wildman–Crippen MR) is 60.4 cm³/mol. The Labute approximate surface area is 94.7 Å². The zero-order valence-electron chi connectivity index (χ0n) is 7.41. The fourth-order valence-corrected chi connectivity index (χ4v) is 1.52. The van der Waals surface area contributed by atoms with E-state index in [0.29, 0.717) is 5.58 Å².